The first kappa shape index (κ1) is 25.5. The number of hydrogen-bond acceptors (Lipinski definition) is 6. The molecule has 0 amide bonds. The molecule has 0 aliphatic carbocycles. The zero-order valence-electron chi connectivity index (χ0n) is 22.0. The average molecular weight is 547 g/mol. The van der Waals surface area contributed by atoms with Crippen LogP contribution in [0.5, 0.6) is 5.75 Å². The Morgan fingerprint density at radius 2 is 1.65 bits per heavy atom. The number of rotatable bonds is 6. The number of methoxy groups -OCH3 is 1. The van der Waals surface area contributed by atoms with Crippen LogP contribution in [-0.2, 0) is 9.53 Å². The number of nitrogens with zero attached hydrogens (tertiary/aromatic N) is 2. The van der Waals surface area contributed by atoms with Crippen molar-refractivity contribution in [2.45, 2.75) is 13.0 Å². The molecule has 0 saturated heterocycles. The standard InChI is InChI=1S/C33H26N2O4S/c1-3-39-32(37)28-29(22-13-6-4-7-14-22)34-33-35(30(28)23-15-8-5-9-16-23)31(36)27(40-33)20-25-24-17-11-10-12-21(24)18-19-26(25)38-2/h4-20,30H,3H2,1-2H3/b27-20+/t30-/m0/s1. The Bertz CT molecular complexity index is 1940. The molecule has 0 bridgehead atoms. The topological polar surface area (TPSA) is 69.9 Å². The van der Waals surface area contributed by atoms with Crippen LogP contribution in [0.4, 0.5) is 0 Å². The number of aromatic nitrogens is 1. The van der Waals surface area contributed by atoms with E-state index < -0.39 is 12.0 Å². The molecule has 5 aromatic rings. The summed E-state index contributed by atoms with van der Waals surface area (Å²) in [5.41, 5.74) is 2.99. The molecule has 0 radical (unpaired) electrons. The van der Waals surface area contributed by atoms with Gasteiger partial charge in [0.2, 0.25) is 0 Å². The minimum absolute atomic E-state index is 0.206. The molecule has 6 rings (SSSR count). The van der Waals surface area contributed by atoms with Crippen molar-refractivity contribution in [3.63, 3.8) is 0 Å². The van der Waals surface area contributed by atoms with Gasteiger partial charge in [-0.15, -0.1) is 0 Å². The first-order valence-corrected chi connectivity index (χ1v) is 13.8. The summed E-state index contributed by atoms with van der Waals surface area (Å²) in [4.78, 5) is 33.1. The zero-order chi connectivity index (χ0) is 27.6. The lowest BCUT2D eigenvalue weighted by atomic mass is 9.93. The second kappa shape index (κ2) is 10.8. The van der Waals surface area contributed by atoms with Gasteiger partial charge in [0.25, 0.3) is 5.56 Å². The zero-order valence-corrected chi connectivity index (χ0v) is 22.9. The van der Waals surface area contributed by atoms with Crippen molar-refractivity contribution >= 4 is 39.9 Å². The van der Waals surface area contributed by atoms with E-state index in [0.29, 0.717) is 26.4 Å². The van der Waals surface area contributed by atoms with Crippen LogP contribution in [0.15, 0.2) is 112 Å². The molecule has 40 heavy (non-hydrogen) atoms. The number of carbonyl (C=O) groups excluding carboxylic acids is 1. The van der Waals surface area contributed by atoms with Crippen LogP contribution in [0, 0.1) is 0 Å². The van der Waals surface area contributed by atoms with Gasteiger partial charge in [0, 0.05) is 11.1 Å². The molecular formula is C33H26N2O4S. The van der Waals surface area contributed by atoms with Gasteiger partial charge in [-0.25, -0.2) is 9.79 Å². The second-order valence-corrected chi connectivity index (χ2v) is 10.3. The Morgan fingerprint density at radius 3 is 2.38 bits per heavy atom. The minimum Gasteiger partial charge on any atom is -0.496 e. The molecule has 0 unspecified atom stereocenters. The molecule has 2 heterocycles. The fourth-order valence-electron chi connectivity index (χ4n) is 5.12. The molecule has 1 aromatic heterocycles. The van der Waals surface area contributed by atoms with Crippen LogP contribution in [0.25, 0.3) is 22.5 Å². The molecule has 1 atom stereocenters. The molecule has 0 N–H and O–H groups in total. The summed E-state index contributed by atoms with van der Waals surface area (Å²) in [6.45, 7) is 1.97. The van der Waals surface area contributed by atoms with Crippen molar-refractivity contribution in [2.75, 3.05) is 13.7 Å². The Kier molecular flexibility index (Phi) is 6.88. The van der Waals surface area contributed by atoms with E-state index in [9.17, 15) is 9.59 Å². The van der Waals surface area contributed by atoms with Gasteiger partial charge in [-0.1, -0.05) is 102 Å². The van der Waals surface area contributed by atoms with E-state index in [1.807, 2.05) is 103 Å². The molecule has 1 aliphatic rings. The largest absolute Gasteiger partial charge is 0.496 e. The summed E-state index contributed by atoms with van der Waals surface area (Å²) in [6, 6.07) is 30.3. The molecule has 0 saturated carbocycles. The van der Waals surface area contributed by atoms with E-state index in [4.69, 9.17) is 14.5 Å². The van der Waals surface area contributed by atoms with Crippen LogP contribution in [-0.4, -0.2) is 24.3 Å². The predicted octanol–water partition coefficient (Wildman–Crippen LogP) is 5.10. The minimum atomic E-state index is -0.705. The highest BCUT2D eigenvalue weighted by Crippen LogP contribution is 2.35. The predicted molar refractivity (Wildman–Crippen MR) is 158 cm³/mol. The van der Waals surface area contributed by atoms with Gasteiger partial charge < -0.3 is 9.47 Å². The van der Waals surface area contributed by atoms with E-state index in [-0.39, 0.29) is 12.2 Å². The third kappa shape index (κ3) is 4.44. The summed E-state index contributed by atoms with van der Waals surface area (Å²) < 4.78 is 13.3. The molecule has 7 heteroatoms. The monoisotopic (exact) mass is 546 g/mol. The van der Waals surface area contributed by atoms with E-state index in [1.54, 1.807) is 18.6 Å². The summed E-state index contributed by atoms with van der Waals surface area (Å²) in [5.74, 6) is 0.172. The highest BCUT2D eigenvalue weighted by molar-refractivity contribution is 7.07. The fourth-order valence-corrected chi connectivity index (χ4v) is 6.11. The first-order chi connectivity index (χ1) is 19.6. The second-order valence-electron chi connectivity index (χ2n) is 9.24. The smallest absolute Gasteiger partial charge is 0.338 e. The normalized spacial score (nSPS) is 15.1. The van der Waals surface area contributed by atoms with E-state index >= 15 is 0 Å². The number of carbonyl (C=O) groups is 1. The fraction of sp³-hybridized carbons (Fsp3) is 0.121. The third-order valence-corrected chi connectivity index (χ3v) is 7.90. The van der Waals surface area contributed by atoms with E-state index in [0.717, 1.165) is 27.5 Å². The van der Waals surface area contributed by atoms with Gasteiger partial charge >= 0.3 is 5.97 Å². The van der Waals surface area contributed by atoms with Gasteiger partial charge in [-0.2, -0.15) is 0 Å². The quantitative estimate of drug-likeness (QED) is 0.278. The van der Waals surface area contributed by atoms with E-state index in [1.165, 1.54) is 11.3 Å². The van der Waals surface area contributed by atoms with Crippen molar-refractivity contribution in [3.8, 4) is 5.75 Å². The van der Waals surface area contributed by atoms with Gasteiger partial charge in [0.1, 0.15) is 5.75 Å². The molecule has 1 aliphatic heterocycles. The van der Waals surface area contributed by atoms with Crippen LogP contribution >= 0.6 is 11.3 Å². The van der Waals surface area contributed by atoms with Crippen LogP contribution in [0.3, 0.4) is 0 Å². The van der Waals surface area contributed by atoms with Crippen molar-refractivity contribution in [3.05, 3.63) is 139 Å². The van der Waals surface area contributed by atoms with Crippen molar-refractivity contribution < 1.29 is 14.3 Å². The molecule has 198 valence electrons. The molecular weight excluding hydrogens is 520 g/mol. The van der Waals surface area contributed by atoms with Crippen LogP contribution in [0.2, 0.25) is 0 Å². The van der Waals surface area contributed by atoms with Gasteiger partial charge in [-0.3, -0.25) is 9.36 Å². The first-order valence-electron chi connectivity index (χ1n) is 13.0. The van der Waals surface area contributed by atoms with Crippen LogP contribution < -0.4 is 19.6 Å². The van der Waals surface area contributed by atoms with Gasteiger partial charge in [0.15, 0.2) is 4.80 Å². The maximum Gasteiger partial charge on any atom is 0.338 e. The molecule has 0 fully saturated rings. The maximum absolute atomic E-state index is 14.2. The number of fused-ring (bicyclic) bond motifs is 2. The number of hydrogen-bond donors (Lipinski definition) is 0. The van der Waals surface area contributed by atoms with Crippen LogP contribution in [0.1, 0.15) is 29.7 Å². The lowest BCUT2D eigenvalue weighted by Gasteiger charge is -2.25. The lowest BCUT2D eigenvalue weighted by Crippen LogP contribution is -2.40. The van der Waals surface area contributed by atoms with Crippen molar-refractivity contribution in [1.82, 2.24) is 4.57 Å². The Balaban J connectivity index is 1.68. The summed E-state index contributed by atoms with van der Waals surface area (Å²) in [7, 11) is 1.62. The molecule has 4 aromatic carbocycles. The summed E-state index contributed by atoms with van der Waals surface area (Å²) in [6.07, 6.45) is 1.86. The third-order valence-electron chi connectivity index (χ3n) is 6.92. The highest BCUT2D eigenvalue weighted by Gasteiger charge is 2.35. The van der Waals surface area contributed by atoms with Crippen molar-refractivity contribution in [2.24, 2.45) is 4.99 Å². The highest BCUT2D eigenvalue weighted by atomic mass is 32.1. The Morgan fingerprint density at radius 1 is 0.950 bits per heavy atom. The molecule has 0 spiro atoms. The number of thiazole rings is 1. The van der Waals surface area contributed by atoms with Gasteiger partial charge in [0.05, 0.1) is 35.6 Å². The number of benzene rings is 4. The summed E-state index contributed by atoms with van der Waals surface area (Å²) in [5, 5.41) is 2.02. The summed E-state index contributed by atoms with van der Waals surface area (Å²) >= 11 is 1.29. The molecule has 6 nitrogen and oxygen atoms in total. The Labute approximate surface area is 234 Å². The maximum atomic E-state index is 14.2. The Hall–Kier alpha value is -4.75. The van der Waals surface area contributed by atoms with Crippen molar-refractivity contribution in [1.29, 1.82) is 0 Å². The lowest BCUT2D eigenvalue weighted by molar-refractivity contribution is -0.138. The van der Waals surface area contributed by atoms with E-state index in [2.05, 4.69) is 0 Å². The average Bonchev–Trinajstić information content (AvgIpc) is 3.31. The number of ether oxygens (including phenoxy) is 2. The van der Waals surface area contributed by atoms with Gasteiger partial charge in [-0.05, 0) is 35.4 Å². The number of esters is 1. The SMILES string of the molecule is CCOC(=O)C1=C(c2ccccc2)N=c2s/c(=C/c3c(OC)ccc4ccccc34)c(=O)n2[C@H]1c1ccccc1.